The van der Waals surface area contributed by atoms with Gasteiger partial charge >= 0.3 is 12.1 Å². The number of ether oxygens (including phenoxy) is 2. The lowest BCUT2D eigenvalue weighted by Gasteiger charge is -2.09. The molecule has 154 valence electrons. The summed E-state index contributed by atoms with van der Waals surface area (Å²) < 4.78 is 36.6. The normalized spacial score (nSPS) is 10.7. The Morgan fingerprint density at radius 3 is 2.14 bits per heavy atom. The Morgan fingerprint density at radius 1 is 0.931 bits per heavy atom. The average Bonchev–Trinajstić information content (AvgIpc) is 2.68. The van der Waals surface area contributed by atoms with Crippen LogP contribution in [0.15, 0.2) is 53.4 Å². The van der Waals surface area contributed by atoms with Crippen molar-refractivity contribution in [2.24, 2.45) is 0 Å². The van der Waals surface area contributed by atoms with Crippen LogP contribution in [-0.4, -0.2) is 39.6 Å². The zero-order valence-electron chi connectivity index (χ0n) is 15.8. The van der Waals surface area contributed by atoms with Gasteiger partial charge in [0.25, 0.3) is 15.9 Å². The van der Waals surface area contributed by atoms with Gasteiger partial charge in [-0.25, -0.2) is 18.0 Å². The average molecular weight is 420 g/mol. The van der Waals surface area contributed by atoms with E-state index in [1.807, 2.05) is 12.2 Å². The molecule has 0 atom stereocenters. The summed E-state index contributed by atoms with van der Waals surface area (Å²) in [6.07, 6.45) is -0.941. The summed E-state index contributed by atoms with van der Waals surface area (Å²) in [6.45, 7) is 2.86. The van der Waals surface area contributed by atoms with Gasteiger partial charge < -0.3 is 9.47 Å². The van der Waals surface area contributed by atoms with Crippen molar-refractivity contribution in [2.45, 2.75) is 18.7 Å². The first-order chi connectivity index (χ1) is 13.7. The molecule has 0 saturated carbocycles. The van der Waals surface area contributed by atoms with Gasteiger partial charge in [0.1, 0.15) is 0 Å². The van der Waals surface area contributed by atoms with Crippen molar-refractivity contribution in [1.29, 1.82) is 0 Å². The number of rotatable bonds is 7. The molecule has 10 heteroatoms. The van der Waals surface area contributed by atoms with E-state index in [2.05, 4.69) is 9.46 Å². The molecule has 2 aromatic carbocycles. The monoisotopic (exact) mass is 420 g/mol. The topological polar surface area (TPSA) is 128 Å². The Balaban J connectivity index is 1.96. The van der Waals surface area contributed by atoms with Crippen LogP contribution in [0.5, 0.6) is 0 Å². The number of amides is 2. The number of imide groups is 1. The molecule has 0 radical (unpaired) electrons. The molecule has 0 fully saturated rings. The second-order valence-corrected chi connectivity index (χ2v) is 7.52. The summed E-state index contributed by atoms with van der Waals surface area (Å²) >= 11 is 0. The van der Waals surface area contributed by atoms with Crippen LogP contribution in [-0.2, 0) is 24.3 Å². The zero-order chi connectivity index (χ0) is 21.4. The van der Waals surface area contributed by atoms with Crippen molar-refractivity contribution in [1.82, 2.24) is 5.32 Å². The highest BCUT2D eigenvalue weighted by Crippen LogP contribution is 2.17. The Kier molecular flexibility index (Phi) is 7.32. The van der Waals surface area contributed by atoms with Gasteiger partial charge in [-0.2, -0.15) is 0 Å². The van der Waals surface area contributed by atoms with Gasteiger partial charge in [-0.15, -0.1) is 0 Å². The lowest BCUT2D eigenvalue weighted by Crippen LogP contribution is -2.34. The molecule has 29 heavy (non-hydrogen) atoms. The molecule has 0 saturated heterocycles. The van der Waals surface area contributed by atoms with Crippen molar-refractivity contribution < 1.29 is 32.3 Å². The maximum Gasteiger partial charge on any atom is 0.413 e. The first kappa shape index (κ1) is 21.9. The van der Waals surface area contributed by atoms with Gasteiger partial charge in [0.15, 0.2) is 6.61 Å². The van der Waals surface area contributed by atoms with Gasteiger partial charge in [0.05, 0.1) is 17.1 Å². The number of esters is 1. The maximum absolute atomic E-state index is 12.4. The van der Waals surface area contributed by atoms with Gasteiger partial charge in [-0.05, 0) is 50.2 Å². The molecule has 0 unspecified atom stereocenters. The highest BCUT2D eigenvalue weighted by atomic mass is 32.2. The molecule has 2 N–H and O–H groups in total. The number of sulfonamides is 1. The van der Waals surface area contributed by atoms with E-state index >= 15 is 0 Å². The summed E-state index contributed by atoms with van der Waals surface area (Å²) in [5.74, 6) is -1.70. The van der Waals surface area contributed by atoms with E-state index in [-0.39, 0.29) is 17.1 Å². The van der Waals surface area contributed by atoms with Crippen molar-refractivity contribution in [3.05, 3.63) is 59.7 Å². The highest BCUT2D eigenvalue weighted by molar-refractivity contribution is 7.92. The molecule has 0 aromatic heterocycles. The third-order valence-electron chi connectivity index (χ3n) is 3.56. The van der Waals surface area contributed by atoms with Gasteiger partial charge in [0, 0.05) is 5.69 Å². The van der Waals surface area contributed by atoms with E-state index in [1.165, 1.54) is 24.3 Å². The Bertz CT molecular complexity index is 984. The van der Waals surface area contributed by atoms with Gasteiger partial charge in [0.2, 0.25) is 0 Å². The molecule has 2 amide bonds. The molecule has 9 nitrogen and oxygen atoms in total. The van der Waals surface area contributed by atoms with Gasteiger partial charge in [-0.1, -0.05) is 17.7 Å². The van der Waals surface area contributed by atoms with Crippen LogP contribution in [0, 0.1) is 6.92 Å². The van der Waals surface area contributed by atoms with Crippen LogP contribution in [0.4, 0.5) is 10.5 Å². The molecule has 2 aromatic rings. The number of nitrogens with one attached hydrogen (secondary N) is 2. The number of hydrogen-bond acceptors (Lipinski definition) is 7. The molecule has 0 heterocycles. The summed E-state index contributed by atoms with van der Waals surface area (Å²) in [5, 5.41) is 1.88. The molecule has 0 bridgehead atoms. The summed E-state index contributed by atoms with van der Waals surface area (Å²) in [6, 6.07) is 11.8. The third kappa shape index (κ3) is 6.61. The minimum absolute atomic E-state index is 0.0446. The second kappa shape index (κ2) is 9.69. The molecule has 0 aliphatic heterocycles. The minimum atomic E-state index is -3.83. The molecule has 2 rings (SSSR count). The second-order valence-electron chi connectivity index (χ2n) is 5.84. The van der Waals surface area contributed by atoms with E-state index < -0.39 is 34.6 Å². The summed E-state index contributed by atoms with van der Waals surface area (Å²) in [7, 11) is -3.83. The minimum Gasteiger partial charge on any atom is -0.452 e. The molecular formula is C19H20N2O7S. The number of aryl methyl sites for hydroxylation is 1. The number of carbonyl (C=O) groups is 3. The highest BCUT2D eigenvalue weighted by Gasteiger charge is 2.17. The number of anilines is 1. The van der Waals surface area contributed by atoms with E-state index in [0.29, 0.717) is 5.69 Å². The van der Waals surface area contributed by atoms with Crippen LogP contribution in [0.1, 0.15) is 22.8 Å². The fourth-order valence-corrected chi connectivity index (χ4v) is 3.20. The predicted molar refractivity (Wildman–Crippen MR) is 104 cm³/mol. The van der Waals surface area contributed by atoms with Gasteiger partial charge in [-0.3, -0.25) is 14.8 Å². The SMILES string of the molecule is CCOC(=O)NC(=O)COC(=O)c1ccc(S(=O)(=O)Nc2ccc(C)cc2)cc1. The number of carbonyl (C=O) groups excluding carboxylic acids is 3. The quantitative estimate of drug-likeness (QED) is 0.657. The van der Waals surface area contributed by atoms with Crippen molar-refractivity contribution in [2.75, 3.05) is 17.9 Å². The fourth-order valence-electron chi connectivity index (χ4n) is 2.14. The first-order valence-corrected chi connectivity index (χ1v) is 10.0. The third-order valence-corrected chi connectivity index (χ3v) is 4.95. The molecule has 0 aliphatic rings. The number of benzene rings is 2. The van der Waals surface area contributed by atoms with Crippen molar-refractivity contribution in [3.63, 3.8) is 0 Å². The summed E-state index contributed by atoms with van der Waals surface area (Å²) in [5.41, 5.74) is 1.45. The lowest BCUT2D eigenvalue weighted by atomic mass is 10.2. The van der Waals surface area contributed by atoms with E-state index in [0.717, 1.165) is 5.56 Å². The molecule has 0 aliphatic carbocycles. The Morgan fingerprint density at radius 2 is 1.55 bits per heavy atom. The van der Waals surface area contributed by atoms with Crippen LogP contribution < -0.4 is 10.0 Å². The number of alkyl carbamates (subject to hydrolysis) is 1. The zero-order valence-corrected chi connectivity index (χ0v) is 16.6. The standard InChI is InChI=1S/C19H20N2O7S/c1-3-27-19(24)20-17(22)12-28-18(23)14-6-10-16(11-7-14)29(25,26)21-15-8-4-13(2)5-9-15/h4-11,21H,3,12H2,1-2H3,(H,20,22,24). The molecule has 0 spiro atoms. The van der Waals surface area contributed by atoms with E-state index in [9.17, 15) is 22.8 Å². The smallest absolute Gasteiger partial charge is 0.413 e. The summed E-state index contributed by atoms with van der Waals surface area (Å²) in [4.78, 5) is 34.5. The maximum atomic E-state index is 12.4. The van der Waals surface area contributed by atoms with E-state index in [1.54, 1.807) is 31.2 Å². The van der Waals surface area contributed by atoms with Crippen LogP contribution >= 0.6 is 0 Å². The van der Waals surface area contributed by atoms with E-state index in [4.69, 9.17) is 4.74 Å². The Labute approximate surface area is 168 Å². The predicted octanol–water partition coefficient (Wildman–Crippen LogP) is 2.23. The first-order valence-electron chi connectivity index (χ1n) is 8.54. The van der Waals surface area contributed by atoms with Crippen molar-refractivity contribution in [3.8, 4) is 0 Å². The van der Waals surface area contributed by atoms with Crippen LogP contribution in [0.2, 0.25) is 0 Å². The lowest BCUT2D eigenvalue weighted by molar-refractivity contribution is -0.123. The largest absolute Gasteiger partial charge is 0.452 e. The van der Waals surface area contributed by atoms with Crippen LogP contribution in [0.3, 0.4) is 0 Å². The fraction of sp³-hybridized carbons (Fsp3) is 0.211. The number of hydrogen-bond donors (Lipinski definition) is 2. The van der Waals surface area contributed by atoms with Crippen molar-refractivity contribution >= 4 is 33.7 Å². The van der Waals surface area contributed by atoms with Crippen LogP contribution in [0.25, 0.3) is 0 Å². The Hall–Kier alpha value is -3.40. The molecular weight excluding hydrogens is 400 g/mol.